The number of nitrogens with zero attached hydrogens (tertiary/aromatic N) is 2. The van der Waals surface area contributed by atoms with Crippen molar-refractivity contribution in [2.75, 3.05) is 20.7 Å². The minimum absolute atomic E-state index is 0.257. The van der Waals surface area contributed by atoms with E-state index in [1.165, 1.54) is 18.1 Å². The Bertz CT molecular complexity index is 728. The van der Waals surface area contributed by atoms with E-state index in [9.17, 15) is 14.4 Å². The summed E-state index contributed by atoms with van der Waals surface area (Å²) >= 11 is 6.05. The number of carbonyl (C=O) groups is 3. The van der Waals surface area contributed by atoms with Gasteiger partial charge in [0.15, 0.2) is 5.78 Å². The van der Waals surface area contributed by atoms with Gasteiger partial charge >= 0.3 is 6.03 Å². The maximum atomic E-state index is 12.9. The fourth-order valence-electron chi connectivity index (χ4n) is 3.75. The molecule has 0 bridgehead atoms. The number of likely N-dealkylation sites (N-methyl/N-ethyl adjacent to an activating group) is 1. The van der Waals surface area contributed by atoms with E-state index in [-0.39, 0.29) is 18.2 Å². The van der Waals surface area contributed by atoms with Gasteiger partial charge in [-0.05, 0) is 31.0 Å². The number of hydrogen-bond acceptors (Lipinski definition) is 4. The van der Waals surface area contributed by atoms with Crippen LogP contribution in [0.5, 0.6) is 5.75 Å². The second-order valence-corrected chi connectivity index (χ2v) is 7.00. The summed E-state index contributed by atoms with van der Waals surface area (Å²) in [5, 5.41) is 0.313. The molecule has 0 aromatic heterocycles. The summed E-state index contributed by atoms with van der Waals surface area (Å²) in [5.74, 6) is -0.118. The van der Waals surface area contributed by atoms with E-state index < -0.39 is 11.6 Å². The lowest BCUT2D eigenvalue weighted by atomic mass is 9.80. The number of hydrogen-bond donors (Lipinski definition) is 0. The van der Waals surface area contributed by atoms with Gasteiger partial charge in [-0.15, -0.1) is 0 Å². The first-order valence-electron chi connectivity index (χ1n) is 8.37. The normalized spacial score (nSPS) is 19.6. The Balaban J connectivity index is 1.80. The zero-order valence-corrected chi connectivity index (χ0v) is 15.1. The number of ether oxygens (including phenoxy) is 1. The molecule has 1 heterocycles. The van der Waals surface area contributed by atoms with Crippen LogP contribution in [0.3, 0.4) is 0 Å². The molecule has 3 amide bonds. The molecule has 7 heteroatoms. The second-order valence-electron chi connectivity index (χ2n) is 6.60. The maximum absolute atomic E-state index is 12.9. The van der Waals surface area contributed by atoms with Gasteiger partial charge in [0, 0.05) is 12.6 Å². The molecule has 25 heavy (non-hydrogen) atoms. The summed E-state index contributed by atoms with van der Waals surface area (Å²) < 4.78 is 5.07. The predicted octanol–water partition coefficient (Wildman–Crippen LogP) is 3.13. The molecule has 3 rings (SSSR count). The third-order valence-electron chi connectivity index (χ3n) is 5.26. The zero-order valence-electron chi connectivity index (χ0n) is 14.4. The van der Waals surface area contributed by atoms with E-state index in [4.69, 9.17) is 16.3 Å². The smallest absolute Gasteiger partial charge is 0.327 e. The van der Waals surface area contributed by atoms with Crippen LogP contribution in [-0.2, 0) is 4.79 Å². The average Bonchev–Trinajstić information content (AvgIpc) is 2.78. The summed E-state index contributed by atoms with van der Waals surface area (Å²) in [6.07, 6.45) is 4.22. The molecule has 1 spiro atoms. The van der Waals surface area contributed by atoms with Gasteiger partial charge in [0.1, 0.15) is 11.3 Å². The fraction of sp³-hybridized carbons (Fsp3) is 0.500. The highest BCUT2D eigenvalue weighted by atomic mass is 35.5. The summed E-state index contributed by atoms with van der Waals surface area (Å²) in [4.78, 5) is 40.6. The third-order valence-corrected chi connectivity index (χ3v) is 5.55. The first-order valence-corrected chi connectivity index (χ1v) is 8.75. The van der Waals surface area contributed by atoms with E-state index in [0.717, 1.165) is 24.2 Å². The molecule has 2 aliphatic rings. The highest BCUT2D eigenvalue weighted by Gasteiger charge is 2.55. The Labute approximate surface area is 151 Å². The Morgan fingerprint density at radius 3 is 2.52 bits per heavy atom. The van der Waals surface area contributed by atoms with Crippen LogP contribution in [0.15, 0.2) is 18.2 Å². The number of rotatable bonds is 4. The number of carbonyl (C=O) groups excluding carboxylic acids is 3. The van der Waals surface area contributed by atoms with Gasteiger partial charge in [-0.25, -0.2) is 4.79 Å². The highest BCUT2D eigenvalue weighted by molar-refractivity contribution is 6.32. The van der Waals surface area contributed by atoms with Crippen LogP contribution in [0.4, 0.5) is 4.79 Å². The van der Waals surface area contributed by atoms with Crippen LogP contribution in [0, 0.1) is 0 Å². The van der Waals surface area contributed by atoms with Gasteiger partial charge in [-0.2, -0.15) is 0 Å². The fourth-order valence-corrected chi connectivity index (χ4v) is 4.00. The number of benzene rings is 1. The molecule has 0 radical (unpaired) electrons. The molecule has 1 aromatic rings. The lowest BCUT2D eigenvalue weighted by Gasteiger charge is -2.35. The van der Waals surface area contributed by atoms with Gasteiger partial charge in [-0.3, -0.25) is 14.5 Å². The quantitative estimate of drug-likeness (QED) is 0.608. The largest absolute Gasteiger partial charge is 0.495 e. The number of urea groups is 1. The van der Waals surface area contributed by atoms with Crippen molar-refractivity contribution in [3.8, 4) is 5.75 Å². The first-order chi connectivity index (χ1) is 11.9. The summed E-state index contributed by atoms with van der Waals surface area (Å²) in [7, 11) is 3.14. The number of amides is 3. The van der Waals surface area contributed by atoms with Crippen molar-refractivity contribution in [3.05, 3.63) is 28.8 Å². The van der Waals surface area contributed by atoms with Crippen LogP contribution in [0.1, 0.15) is 42.5 Å². The lowest BCUT2D eigenvalue weighted by Crippen LogP contribution is -2.49. The van der Waals surface area contributed by atoms with Gasteiger partial charge in [-0.1, -0.05) is 30.9 Å². The molecular weight excluding hydrogens is 344 g/mol. The third kappa shape index (κ3) is 2.88. The Morgan fingerprint density at radius 2 is 1.92 bits per heavy atom. The molecule has 134 valence electrons. The Kier molecular flexibility index (Phi) is 4.73. The molecule has 1 saturated heterocycles. The van der Waals surface area contributed by atoms with Crippen molar-refractivity contribution >= 4 is 29.3 Å². The van der Waals surface area contributed by atoms with Gasteiger partial charge in [0.2, 0.25) is 0 Å². The zero-order chi connectivity index (χ0) is 18.2. The molecule has 6 nitrogen and oxygen atoms in total. The van der Waals surface area contributed by atoms with E-state index in [0.29, 0.717) is 29.2 Å². The molecule has 0 unspecified atom stereocenters. The van der Waals surface area contributed by atoms with Crippen LogP contribution in [0.25, 0.3) is 0 Å². The topological polar surface area (TPSA) is 66.9 Å². The second kappa shape index (κ2) is 6.67. The number of halogens is 1. The minimum Gasteiger partial charge on any atom is -0.495 e. The van der Waals surface area contributed by atoms with Crippen molar-refractivity contribution in [2.24, 2.45) is 0 Å². The monoisotopic (exact) mass is 364 g/mol. The minimum atomic E-state index is -0.771. The van der Waals surface area contributed by atoms with Crippen LogP contribution >= 0.6 is 11.6 Å². The van der Waals surface area contributed by atoms with Gasteiger partial charge < -0.3 is 9.64 Å². The Hall–Kier alpha value is -2.08. The van der Waals surface area contributed by atoms with Crippen LogP contribution in [-0.4, -0.2) is 53.8 Å². The van der Waals surface area contributed by atoms with Crippen molar-refractivity contribution < 1.29 is 19.1 Å². The summed E-state index contributed by atoms with van der Waals surface area (Å²) in [5.41, 5.74) is -0.425. The first kappa shape index (κ1) is 17.7. The number of ketones is 1. The molecule has 1 aliphatic heterocycles. The molecular formula is C18H21ClN2O4. The molecule has 0 atom stereocenters. The molecule has 1 aromatic carbocycles. The van der Waals surface area contributed by atoms with Gasteiger partial charge in [0.05, 0.1) is 18.7 Å². The number of methoxy groups -OCH3 is 1. The van der Waals surface area contributed by atoms with Gasteiger partial charge in [0.25, 0.3) is 5.91 Å². The molecule has 1 saturated carbocycles. The average molecular weight is 365 g/mol. The van der Waals surface area contributed by atoms with E-state index >= 15 is 0 Å². The highest BCUT2D eigenvalue weighted by Crippen LogP contribution is 2.39. The Morgan fingerprint density at radius 1 is 1.24 bits per heavy atom. The SMILES string of the molecule is COc1ccc(C(=O)CN2C(=O)N(C)C3(CCCCC3)C2=O)cc1Cl. The van der Waals surface area contributed by atoms with Crippen LogP contribution < -0.4 is 4.74 Å². The summed E-state index contributed by atoms with van der Waals surface area (Å²) in [6.45, 7) is -0.271. The standard InChI is InChI=1S/C18H21ClN2O4/c1-20-17(24)21(16(23)18(20)8-4-3-5-9-18)11-14(22)12-6-7-15(25-2)13(19)10-12/h6-7,10H,3-5,8-9,11H2,1-2H3. The van der Waals surface area contributed by atoms with Crippen molar-refractivity contribution in [1.29, 1.82) is 0 Å². The van der Waals surface area contributed by atoms with Crippen molar-refractivity contribution in [2.45, 2.75) is 37.6 Å². The molecule has 0 N–H and O–H groups in total. The van der Waals surface area contributed by atoms with Crippen LogP contribution in [0.2, 0.25) is 5.02 Å². The van der Waals surface area contributed by atoms with E-state index in [1.54, 1.807) is 19.2 Å². The van der Waals surface area contributed by atoms with Crippen molar-refractivity contribution in [1.82, 2.24) is 9.80 Å². The number of Topliss-reactive ketones (excluding diaryl/α,β-unsaturated/α-hetero) is 1. The molecule has 2 fully saturated rings. The van der Waals surface area contributed by atoms with Crippen molar-refractivity contribution in [3.63, 3.8) is 0 Å². The maximum Gasteiger partial charge on any atom is 0.327 e. The lowest BCUT2D eigenvalue weighted by molar-refractivity contribution is -0.134. The summed E-state index contributed by atoms with van der Waals surface area (Å²) in [6, 6.07) is 4.27. The van der Waals surface area contributed by atoms with E-state index in [1.807, 2.05) is 0 Å². The number of imide groups is 1. The predicted molar refractivity (Wildman–Crippen MR) is 93.0 cm³/mol. The van der Waals surface area contributed by atoms with E-state index in [2.05, 4.69) is 0 Å². The molecule has 1 aliphatic carbocycles.